The maximum atomic E-state index is 5.21. The Hall–Kier alpha value is -1.32. The molecule has 2 rings (SSSR count). The summed E-state index contributed by atoms with van der Waals surface area (Å²) >= 11 is 1.78. The first-order valence-corrected chi connectivity index (χ1v) is 8.04. The Morgan fingerprint density at radius 3 is 2.55 bits per heavy atom. The number of methoxy groups -OCH3 is 1. The summed E-state index contributed by atoms with van der Waals surface area (Å²) in [5.41, 5.74) is 2.85. The Balaban J connectivity index is 1.90. The van der Waals surface area contributed by atoms with Crippen LogP contribution >= 0.6 is 11.3 Å². The Morgan fingerprint density at radius 2 is 1.95 bits per heavy atom. The van der Waals surface area contributed by atoms with E-state index in [1.807, 2.05) is 19.2 Å². The summed E-state index contributed by atoms with van der Waals surface area (Å²) in [5, 5.41) is 7.73. The van der Waals surface area contributed by atoms with Crippen LogP contribution in [0.15, 0.2) is 41.1 Å². The Labute approximate surface area is 125 Å². The summed E-state index contributed by atoms with van der Waals surface area (Å²) in [6, 6.07) is 10.7. The number of aryl methyl sites for hydroxylation is 1. The molecule has 0 bridgehead atoms. The van der Waals surface area contributed by atoms with Crippen molar-refractivity contribution in [1.29, 1.82) is 0 Å². The summed E-state index contributed by atoms with van der Waals surface area (Å²) in [7, 11) is 3.74. The highest BCUT2D eigenvalue weighted by molar-refractivity contribution is 7.07. The van der Waals surface area contributed by atoms with Gasteiger partial charge in [0.05, 0.1) is 7.11 Å². The van der Waals surface area contributed by atoms with Gasteiger partial charge in [0, 0.05) is 0 Å². The van der Waals surface area contributed by atoms with E-state index in [0.29, 0.717) is 5.92 Å². The Kier molecular flexibility index (Phi) is 6.09. The normalized spacial score (nSPS) is 12.3. The number of hydrogen-bond donors (Lipinski definition) is 1. The summed E-state index contributed by atoms with van der Waals surface area (Å²) in [6.07, 6.45) is 3.52. The molecule has 108 valence electrons. The predicted molar refractivity (Wildman–Crippen MR) is 86.8 cm³/mol. The van der Waals surface area contributed by atoms with Gasteiger partial charge in [-0.3, -0.25) is 0 Å². The van der Waals surface area contributed by atoms with Crippen molar-refractivity contribution in [2.75, 3.05) is 20.7 Å². The fourth-order valence-electron chi connectivity index (χ4n) is 2.47. The number of thiophene rings is 1. The first-order chi connectivity index (χ1) is 9.81. The van der Waals surface area contributed by atoms with E-state index >= 15 is 0 Å². The van der Waals surface area contributed by atoms with Crippen molar-refractivity contribution in [2.45, 2.75) is 19.3 Å². The second-order valence-electron chi connectivity index (χ2n) is 5.15. The van der Waals surface area contributed by atoms with Gasteiger partial charge >= 0.3 is 0 Å². The second-order valence-corrected chi connectivity index (χ2v) is 5.93. The first-order valence-electron chi connectivity index (χ1n) is 7.10. The maximum absolute atomic E-state index is 5.21. The molecule has 1 unspecified atom stereocenters. The molecule has 3 heteroatoms. The van der Waals surface area contributed by atoms with Crippen molar-refractivity contribution >= 4 is 11.3 Å². The van der Waals surface area contributed by atoms with Gasteiger partial charge in [-0.15, -0.1) is 0 Å². The molecule has 2 nitrogen and oxygen atoms in total. The van der Waals surface area contributed by atoms with Crippen LogP contribution < -0.4 is 10.1 Å². The number of hydrogen-bond acceptors (Lipinski definition) is 3. The fraction of sp³-hybridized carbons (Fsp3) is 0.412. The Bertz CT molecular complexity index is 478. The molecule has 0 aliphatic rings. The van der Waals surface area contributed by atoms with Crippen LogP contribution in [0, 0.1) is 5.92 Å². The van der Waals surface area contributed by atoms with Gasteiger partial charge in [0.25, 0.3) is 0 Å². The van der Waals surface area contributed by atoms with Crippen LogP contribution in [-0.4, -0.2) is 20.7 Å². The molecular formula is C17H23NOS. The summed E-state index contributed by atoms with van der Waals surface area (Å²) in [6.45, 7) is 1.07. The molecule has 0 amide bonds. The highest BCUT2D eigenvalue weighted by Crippen LogP contribution is 2.18. The van der Waals surface area contributed by atoms with E-state index in [4.69, 9.17) is 4.74 Å². The SMILES string of the molecule is CNCC(CCc1ccsc1)Cc1ccc(OC)cc1. The van der Waals surface area contributed by atoms with Crippen LogP contribution in [0.4, 0.5) is 0 Å². The lowest BCUT2D eigenvalue weighted by Crippen LogP contribution is -2.21. The summed E-state index contributed by atoms with van der Waals surface area (Å²) < 4.78 is 5.21. The van der Waals surface area contributed by atoms with E-state index in [0.717, 1.165) is 18.7 Å². The number of rotatable bonds is 8. The fourth-order valence-corrected chi connectivity index (χ4v) is 3.17. The van der Waals surface area contributed by atoms with Crippen LogP contribution in [0.3, 0.4) is 0 Å². The highest BCUT2D eigenvalue weighted by Gasteiger charge is 2.10. The van der Waals surface area contributed by atoms with Gasteiger partial charge in [-0.1, -0.05) is 12.1 Å². The average molecular weight is 289 g/mol. The summed E-state index contributed by atoms with van der Waals surface area (Å²) in [4.78, 5) is 0. The highest BCUT2D eigenvalue weighted by atomic mass is 32.1. The van der Waals surface area contributed by atoms with E-state index in [1.165, 1.54) is 24.0 Å². The van der Waals surface area contributed by atoms with Crippen molar-refractivity contribution in [3.05, 3.63) is 52.2 Å². The molecule has 1 atom stereocenters. The first kappa shape index (κ1) is 15.1. The number of ether oxygens (including phenoxy) is 1. The monoisotopic (exact) mass is 289 g/mol. The number of benzene rings is 1. The van der Waals surface area contributed by atoms with Crippen LogP contribution in [0.2, 0.25) is 0 Å². The molecule has 1 N–H and O–H groups in total. The zero-order valence-electron chi connectivity index (χ0n) is 12.3. The lowest BCUT2D eigenvalue weighted by atomic mass is 9.93. The molecule has 0 saturated carbocycles. The standard InChI is InChI=1S/C17H23NOS/c1-18-12-16(4-3-15-9-10-20-13-15)11-14-5-7-17(19-2)8-6-14/h5-10,13,16,18H,3-4,11-12H2,1-2H3. The van der Waals surface area contributed by atoms with Crippen molar-refractivity contribution in [2.24, 2.45) is 5.92 Å². The minimum atomic E-state index is 0.674. The molecule has 0 aliphatic carbocycles. The summed E-state index contributed by atoms with van der Waals surface area (Å²) in [5.74, 6) is 1.60. The van der Waals surface area contributed by atoms with Crippen molar-refractivity contribution in [3.63, 3.8) is 0 Å². The molecular weight excluding hydrogens is 266 g/mol. The van der Waals surface area contributed by atoms with Crippen molar-refractivity contribution in [3.8, 4) is 5.75 Å². The molecule has 2 aromatic rings. The van der Waals surface area contributed by atoms with Crippen LogP contribution in [-0.2, 0) is 12.8 Å². The van der Waals surface area contributed by atoms with E-state index in [-0.39, 0.29) is 0 Å². The van der Waals surface area contributed by atoms with Crippen LogP contribution in [0.25, 0.3) is 0 Å². The molecule has 0 spiro atoms. The predicted octanol–water partition coefficient (Wildman–Crippen LogP) is 3.77. The second kappa shape index (κ2) is 8.08. The van der Waals surface area contributed by atoms with Gasteiger partial charge in [0.15, 0.2) is 0 Å². The van der Waals surface area contributed by atoms with E-state index in [1.54, 1.807) is 18.4 Å². The third-order valence-corrected chi connectivity index (χ3v) is 4.33. The lowest BCUT2D eigenvalue weighted by Gasteiger charge is -2.16. The van der Waals surface area contributed by atoms with Gasteiger partial charge in [-0.25, -0.2) is 0 Å². The third kappa shape index (κ3) is 4.66. The van der Waals surface area contributed by atoms with Crippen LogP contribution in [0.5, 0.6) is 5.75 Å². The van der Waals surface area contributed by atoms with Gasteiger partial charge in [0.1, 0.15) is 5.75 Å². The van der Waals surface area contributed by atoms with E-state index in [2.05, 4.69) is 34.3 Å². The minimum Gasteiger partial charge on any atom is -0.497 e. The van der Waals surface area contributed by atoms with Crippen molar-refractivity contribution < 1.29 is 4.74 Å². The van der Waals surface area contributed by atoms with E-state index in [9.17, 15) is 0 Å². The zero-order chi connectivity index (χ0) is 14.2. The van der Waals surface area contributed by atoms with Gasteiger partial charge in [-0.05, 0) is 78.9 Å². The quantitative estimate of drug-likeness (QED) is 0.799. The number of nitrogens with one attached hydrogen (secondary N) is 1. The molecule has 0 fully saturated rings. The molecule has 1 heterocycles. The maximum Gasteiger partial charge on any atom is 0.118 e. The molecule has 0 aliphatic heterocycles. The molecule has 1 aromatic carbocycles. The smallest absolute Gasteiger partial charge is 0.118 e. The molecule has 1 aromatic heterocycles. The average Bonchev–Trinajstić information content (AvgIpc) is 2.99. The van der Waals surface area contributed by atoms with Gasteiger partial charge in [0.2, 0.25) is 0 Å². The lowest BCUT2D eigenvalue weighted by molar-refractivity contribution is 0.414. The molecule has 0 saturated heterocycles. The third-order valence-electron chi connectivity index (χ3n) is 3.60. The van der Waals surface area contributed by atoms with Gasteiger partial charge in [-0.2, -0.15) is 11.3 Å². The Morgan fingerprint density at radius 1 is 1.15 bits per heavy atom. The largest absolute Gasteiger partial charge is 0.497 e. The van der Waals surface area contributed by atoms with Gasteiger partial charge < -0.3 is 10.1 Å². The van der Waals surface area contributed by atoms with E-state index < -0.39 is 0 Å². The zero-order valence-corrected chi connectivity index (χ0v) is 13.1. The minimum absolute atomic E-state index is 0.674. The van der Waals surface area contributed by atoms with Crippen LogP contribution in [0.1, 0.15) is 17.5 Å². The molecule has 20 heavy (non-hydrogen) atoms. The molecule has 0 radical (unpaired) electrons. The van der Waals surface area contributed by atoms with Crippen molar-refractivity contribution in [1.82, 2.24) is 5.32 Å². The topological polar surface area (TPSA) is 21.3 Å².